The third-order valence-corrected chi connectivity index (χ3v) is 5.27. The summed E-state index contributed by atoms with van der Waals surface area (Å²) in [5, 5.41) is 3.39. The maximum Gasteiger partial charge on any atom is 0.239 e. The van der Waals surface area contributed by atoms with Crippen LogP contribution in [0.3, 0.4) is 0 Å². The molecule has 5 nitrogen and oxygen atoms in total. The minimum absolute atomic E-state index is 0.192. The number of nitrogens with one attached hydrogen (secondary N) is 1. The number of hydrogen-bond acceptors (Lipinski definition) is 3. The summed E-state index contributed by atoms with van der Waals surface area (Å²) in [4.78, 5) is 29.1. The van der Waals surface area contributed by atoms with Crippen LogP contribution in [0, 0.1) is 5.92 Å². The minimum atomic E-state index is -0.712. The Morgan fingerprint density at radius 3 is 2.69 bits per heavy atom. The SMILES string of the molecule is CN(C)c1ccc(Cl)cc1NC(=O)C1CCN(c2ccccc2Br)C1=O. The van der Waals surface area contributed by atoms with Gasteiger partial charge in [-0.3, -0.25) is 9.59 Å². The second-order valence-electron chi connectivity index (χ2n) is 6.33. The first-order chi connectivity index (χ1) is 12.4. The lowest BCUT2D eigenvalue weighted by atomic mass is 10.1. The van der Waals surface area contributed by atoms with Gasteiger partial charge < -0.3 is 15.1 Å². The van der Waals surface area contributed by atoms with Crippen LogP contribution >= 0.6 is 27.5 Å². The summed E-state index contributed by atoms with van der Waals surface area (Å²) in [7, 11) is 3.77. The Kier molecular flexibility index (Phi) is 5.53. The highest BCUT2D eigenvalue weighted by Crippen LogP contribution is 2.33. The fourth-order valence-electron chi connectivity index (χ4n) is 3.05. The van der Waals surface area contributed by atoms with Gasteiger partial charge in [-0.15, -0.1) is 0 Å². The van der Waals surface area contributed by atoms with E-state index in [1.165, 1.54) is 0 Å². The average Bonchev–Trinajstić information content (AvgIpc) is 2.96. The second-order valence-corrected chi connectivity index (χ2v) is 7.62. The molecule has 1 fully saturated rings. The molecule has 0 aromatic heterocycles. The van der Waals surface area contributed by atoms with Gasteiger partial charge in [0.1, 0.15) is 5.92 Å². The van der Waals surface area contributed by atoms with E-state index < -0.39 is 5.92 Å². The highest BCUT2D eigenvalue weighted by molar-refractivity contribution is 9.10. The molecule has 2 amide bonds. The van der Waals surface area contributed by atoms with Crippen LogP contribution in [0.5, 0.6) is 0 Å². The van der Waals surface area contributed by atoms with Crippen molar-refractivity contribution in [2.45, 2.75) is 6.42 Å². The van der Waals surface area contributed by atoms with E-state index >= 15 is 0 Å². The van der Waals surface area contributed by atoms with Crippen molar-refractivity contribution in [2.75, 3.05) is 35.8 Å². The quantitative estimate of drug-likeness (QED) is 0.732. The molecule has 0 bridgehead atoms. The number of para-hydroxylation sites is 1. The highest BCUT2D eigenvalue weighted by atomic mass is 79.9. The molecule has 0 spiro atoms. The maximum atomic E-state index is 12.8. The molecular formula is C19H19BrClN3O2. The van der Waals surface area contributed by atoms with Gasteiger partial charge in [0, 0.05) is 30.1 Å². The largest absolute Gasteiger partial charge is 0.376 e. The van der Waals surface area contributed by atoms with E-state index in [0.717, 1.165) is 15.8 Å². The van der Waals surface area contributed by atoms with E-state index in [0.29, 0.717) is 23.7 Å². The molecule has 1 heterocycles. The Morgan fingerprint density at radius 2 is 2.00 bits per heavy atom. The summed E-state index contributed by atoms with van der Waals surface area (Å²) >= 11 is 9.53. The van der Waals surface area contributed by atoms with Crippen molar-refractivity contribution in [3.05, 3.63) is 52.0 Å². The number of amides is 2. The van der Waals surface area contributed by atoms with Crippen LogP contribution in [0.2, 0.25) is 5.02 Å². The summed E-state index contributed by atoms with van der Waals surface area (Å²) in [5.74, 6) is -1.21. The topological polar surface area (TPSA) is 52.7 Å². The molecule has 1 unspecified atom stereocenters. The van der Waals surface area contributed by atoms with Gasteiger partial charge in [-0.2, -0.15) is 0 Å². The third kappa shape index (κ3) is 3.71. The van der Waals surface area contributed by atoms with E-state index in [9.17, 15) is 9.59 Å². The number of hydrogen-bond donors (Lipinski definition) is 1. The molecule has 136 valence electrons. The zero-order chi connectivity index (χ0) is 18.8. The fourth-order valence-corrected chi connectivity index (χ4v) is 3.72. The van der Waals surface area contributed by atoms with Crippen molar-refractivity contribution in [3.8, 4) is 0 Å². The molecule has 3 rings (SSSR count). The standard InChI is InChI=1S/C19H19BrClN3O2/c1-23(2)17-8-7-12(21)11-15(17)22-18(25)13-9-10-24(19(13)26)16-6-4-3-5-14(16)20/h3-8,11,13H,9-10H2,1-2H3,(H,22,25). The van der Waals surface area contributed by atoms with Crippen LogP contribution in [-0.2, 0) is 9.59 Å². The number of nitrogens with zero attached hydrogens (tertiary/aromatic N) is 2. The van der Waals surface area contributed by atoms with E-state index in [1.807, 2.05) is 49.3 Å². The summed E-state index contributed by atoms with van der Waals surface area (Å²) in [6.07, 6.45) is 0.476. The number of rotatable bonds is 4. The van der Waals surface area contributed by atoms with Gasteiger partial charge in [-0.25, -0.2) is 0 Å². The molecule has 7 heteroatoms. The van der Waals surface area contributed by atoms with Crippen LogP contribution < -0.4 is 15.1 Å². The number of carbonyl (C=O) groups is 2. The van der Waals surface area contributed by atoms with Crippen LogP contribution in [0.4, 0.5) is 17.1 Å². The Hall–Kier alpha value is -2.05. The van der Waals surface area contributed by atoms with Crippen LogP contribution in [0.1, 0.15) is 6.42 Å². The van der Waals surface area contributed by atoms with Crippen LogP contribution in [0.25, 0.3) is 0 Å². The highest BCUT2D eigenvalue weighted by Gasteiger charge is 2.38. The molecule has 1 aliphatic heterocycles. The first kappa shape index (κ1) is 18.7. The van der Waals surface area contributed by atoms with Gasteiger partial charge >= 0.3 is 0 Å². The molecule has 2 aromatic carbocycles. The number of carbonyl (C=O) groups excluding carboxylic acids is 2. The molecule has 0 saturated carbocycles. The van der Waals surface area contributed by atoms with Crippen molar-refractivity contribution in [1.29, 1.82) is 0 Å². The summed E-state index contributed by atoms with van der Waals surface area (Å²) in [6, 6.07) is 12.8. The van der Waals surface area contributed by atoms with Gasteiger partial charge in [-0.05, 0) is 52.7 Å². The monoisotopic (exact) mass is 435 g/mol. The predicted octanol–water partition coefficient (Wildman–Crippen LogP) is 4.16. The maximum absolute atomic E-state index is 12.8. The Morgan fingerprint density at radius 1 is 1.27 bits per heavy atom. The number of anilines is 3. The van der Waals surface area contributed by atoms with E-state index in [2.05, 4.69) is 21.2 Å². The minimum Gasteiger partial charge on any atom is -0.376 e. The fraction of sp³-hybridized carbons (Fsp3) is 0.263. The smallest absolute Gasteiger partial charge is 0.239 e. The Balaban J connectivity index is 1.79. The van der Waals surface area contributed by atoms with Gasteiger partial charge in [-0.1, -0.05) is 23.7 Å². The van der Waals surface area contributed by atoms with Gasteiger partial charge in [0.25, 0.3) is 0 Å². The lowest BCUT2D eigenvalue weighted by molar-refractivity contribution is -0.129. The van der Waals surface area contributed by atoms with Crippen molar-refractivity contribution >= 4 is 56.4 Å². The van der Waals surface area contributed by atoms with Gasteiger partial charge in [0.05, 0.1) is 17.1 Å². The van der Waals surface area contributed by atoms with Crippen molar-refractivity contribution in [2.24, 2.45) is 5.92 Å². The molecule has 0 aliphatic carbocycles. The first-order valence-corrected chi connectivity index (χ1v) is 9.39. The Bertz CT molecular complexity index is 856. The Labute approximate surface area is 166 Å². The van der Waals surface area contributed by atoms with E-state index in [-0.39, 0.29) is 11.8 Å². The summed E-state index contributed by atoms with van der Waals surface area (Å²) in [5.41, 5.74) is 2.21. The second kappa shape index (κ2) is 7.68. The summed E-state index contributed by atoms with van der Waals surface area (Å²) in [6.45, 7) is 0.510. The molecule has 26 heavy (non-hydrogen) atoms. The molecule has 1 atom stereocenters. The molecular weight excluding hydrogens is 418 g/mol. The number of halogens is 2. The predicted molar refractivity (Wildman–Crippen MR) is 109 cm³/mol. The average molecular weight is 437 g/mol. The van der Waals surface area contributed by atoms with E-state index in [4.69, 9.17) is 11.6 Å². The van der Waals surface area contributed by atoms with Crippen molar-refractivity contribution in [1.82, 2.24) is 0 Å². The normalized spacial score (nSPS) is 16.7. The molecule has 1 saturated heterocycles. The lowest BCUT2D eigenvalue weighted by Gasteiger charge is -2.20. The zero-order valence-electron chi connectivity index (χ0n) is 14.5. The molecule has 2 aromatic rings. The third-order valence-electron chi connectivity index (χ3n) is 4.36. The van der Waals surface area contributed by atoms with E-state index in [1.54, 1.807) is 17.0 Å². The van der Waals surface area contributed by atoms with Gasteiger partial charge in [0.2, 0.25) is 11.8 Å². The number of benzene rings is 2. The van der Waals surface area contributed by atoms with Crippen LogP contribution in [-0.4, -0.2) is 32.5 Å². The first-order valence-electron chi connectivity index (χ1n) is 8.22. The van der Waals surface area contributed by atoms with Crippen molar-refractivity contribution in [3.63, 3.8) is 0 Å². The molecule has 0 radical (unpaired) electrons. The van der Waals surface area contributed by atoms with Gasteiger partial charge in [0.15, 0.2) is 0 Å². The lowest BCUT2D eigenvalue weighted by Crippen LogP contribution is -2.33. The van der Waals surface area contributed by atoms with Crippen LogP contribution in [0.15, 0.2) is 46.9 Å². The summed E-state index contributed by atoms with van der Waals surface area (Å²) < 4.78 is 0.833. The molecule has 1 aliphatic rings. The zero-order valence-corrected chi connectivity index (χ0v) is 16.8. The molecule has 1 N–H and O–H groups in total. The van der Waals surface area contributed by atoms with Crippen molar-refractivity contribution < 1.29 is 9.59 Å².